The van der Waals surface area contributed by atoms with Crippen molar-refractivity contribution in [2.75, 3.05) is 5.75 Å². The van der Waals surface area contributed by atoms with E-state index in [0.717, 1.165) is 50.0 Å². The predicted octanol–water partition coefficient (Wildman–Crippen LogP) is 8.12. The molecule has 0 aliphatic heterocycles. The number of halogens is 4. The second kappa shape index (κ2) is 11.6. The smallest absolute Gasteiger partial charge is 0.293 e. The minimum atomic E-state index is -4.41. The number of hydrogen-bond donors (Lipinski definition) is 0. The molecule has 0 bridgehead atoms. The second-order valence-electron chi connectivity index (χ2n) is 8.44. The summed E-state index contributed by atoms with van der Waals surface area (Å²) in [6.07, 6.45) is 0.881. The van der Waals surface area contributed by atoms with Crippen LogP contribution in [0.2, 0.25) is 5.02 Å². The fraction of sp³-hybridized carbons (Fsp3) is 0.462. The SMILES string of the molecule is CCCSC1CCCCC1N=C(c1ccc(C(F)(F)F)cc1)C(C)C(=O)c1ccc(Cl)cc1. The maximum Gasteiger partial charge on any atom is 0.416 e. The van der Waals surface area contributed by atoms with E-state index in [0.29, 0.717) is 27.1 Å². The molecule has 1 saturated carbocycles. The number of nitrogens with zero attached hydrogens (tertiary/aromatic N) is 1. The summed E-state index contributed by atoms with van der Waals surface area (Å²) in [6.45, 7) is 3.93. The van der Waals surface area contributed by atoms with Gasteiger partial charge < -0.3 is 0 Å². The average Bonchev–Trinajstić information content (AvgIpc) is 2.81. The van der Waals surface area contributed by atoms with Crippen molar-refractivity contribution in [2.45, 2.75) is 63.4 Å². The third-order valence-corrected chi connectivity index (χ3v) is 7.82. The van der Waals surface area contributed by atoms with E-state index in [1.54, 1.807) is 31.2 Å². The minimum absolute atomic E-state index is 0.0491. The van der Waals surface area contributed by atoms with E-state index in [2.05, 4.69) is 6.92 Å². The summed E-state index contributed by atoms with van der Waals surface area (Å²) in [5, 5.41) is 0.898. The zero-order chi connectivity index (χ0) is 24.0. The topological polar surface area (TPSA) is 29.4 Å². The molecule has 0 aromatic heterocycles. The molecular weight excluding hydrogens is 467 g/mol. The van der Waals surface area contributed by atoms with Gasteiger partial charge in [-0.05, 0) is 73.9 Å². The van der Waals surface area contributed by atoms with Crippen LogP contribution in [0, 0.1) is 5.92 Å². The number of hydrogen-bond acceptors (Lipinski definition) is 3. The summed E-state index contributed by atoms with van der Waals surface area (Å²) in [5.41, 5.74) is 0.906. The molecule has 33 heavy (non-hydrogen) atoms. The van der Waals surface area contributed by atoms with Crippen LogP contribution in [0.3, 0.4) is 0 Å². The van der Waals surface area contributed by atoms with Crippen molar-refractivity contribution in [3.05, 3.63) is 70.2 Å². The van der Waals surface area contributed by atoms with Crippen molar-refractivity contribution in [3.8, 4) is 0 Å². The van der Waals surface area contributed by atoms with Crippen molar-refractivity contribution in [1.29, 1.82) is 0 Å². The number of thioether (sulfide) groups is 1. The van der Waals surface area contributed by atoms with E-state index in [9.17, 15) is 18.0 Å². The second-order valence-corrected chi connectivity index (χ2v) is 10.2. The number of carbonyl (C=O) groups excluding carboxylic acids is 1. The third-order valence-electron chi connectivity index (χ3n) is 5.95. The van der Waals surface area contributed by atoms with Gasteiger partial charge in [0.15, 0.2) is 5.78 Å². The molecule has 2 aromatic carbocycles. The molecule has 0 N–H and O–H groups in total. The number of aliphatic imine (C=N–C) groups is 1. The molecule has 3 rings (SSSR count). The lowest BCUT2D eigenvalue weighted by Crippen LogP contribution is -2.30. The first kappa shape index (κ1) is 25.8. The Morgan fingerprint density at radius 1 is 1.06 bits per heavy atom. The lowest BCUT2D eigenvalue weighted by molar-refractivity contribution is -0.137. The molecule has 3 atom stereocenters. The van der Waals surface area contributed by atoms with Gasteiger partial charge in [-0.2, -0.15) is 24.9 Å². The van der Waals surface area contributed by atoms with Crippen LogP contribution in [0.25, 0.3) is 0 Å². The normalized spacial score (nSPS) is 20.5. The first-order chi connectivity index (χ1) is 15.7. The Labute approximate surface area is 203 Å². The summed E-state index contributed by atoms with van der Waals surface area (Å²) in [5.74, 6) is 0.325. The fourth-order valence-corrected chi connectivity index (χ4v) is 5.54. The van der Waals surface area contributed by atoms with Gasteiger partial charge in [-0.25, -0.2) is 0 Å². The molecule has 2 aromatic rings. The molecule has 7 heteroatoms. The van der Waals surface area contributed by atoms with Gasteiger partial charge >= 0.3 is 6.18 Å². The quantitative estimate of drug-likeness (QED) is 0.273. The van der Waals surface area contributed by atoms with Crippen molar-refractivity contribution in [2.24, 2.45) is 10.9 Å². The van der Waals surface area contributed by atoms with E-state index in [-0.39, 0.29) is 11.8 Å². The molecule has 0 saturated heterocycles. The Bertz CT molecular complexity index is 957. The number of Topliss-reactive ketones (excluding diaryl/α,β-unsaturated/α-hetero) is 1. The third kappa shape index (κ3) is 6.86. The van der Waals surface area contributed by atoms with Crippen LogP contribution in [-0.2, 0) is 6.18 Å². The molecule has 1 aliphatic carbocycles. The van der Waals surface area contributed by atoms with Gasteiger partial charge in [-0.15, -0.1) is 0 Å². The molecule has 2 nitrogen and oxygen atoms in total. The first-order valence-corrected chi connectivity index (χ1v) is 12.8. The van der Waals surface area contributed by atoms with E-state index in [1.165, 1.54) is 12.1 Å². The minimum Gasteiger partial charge on any atom is -0.293 e. The maximum atomic E-state index is 13.3. The van der Waals surface area contributed by atoms with E-state index < -0.39 is 17.7 Å². The highest BCUT2D eigenvalue weighted by Crippen LogP contribution is 2.33. The Kier molecular flexibility index (Phi) is 9.05. The Morgan fingerprint density at radius 3 is 2.27 bits per heavy atom. The zero-order valence-corrected chi connectivity index (χ0v) is 20.4. The van der Waals surface area contributed by atoms with Crippen molar-refractivity contribution >= 4 is 34.9 Å². The number of carbonyl (C=O) groups is 1. The number of alkyl halides is 3. The van der Waals surface area contributed by atoms with Gasteiger partial charge in [0.2, 0.25) is 0 Å². The van der Waals surface area contributed by atoms with Crippen LogP contribution >= 0.6 is 23.4 Å². The van der Waals surface area contributed by atoms with Gasteiger partial charge in [0.25, 0.3) is 0 Å². The summed E-state index contributed by atoms with van der Waals surface area (Å²) < 4.78 is 39.3. The van der Waals surface area contributed by atoms with Crippen LogP contribution < -0.4 is 0 Å². The molecule has 0 radical (unpaired) electrons. The van der Waals surface area contributed by atoms with E-state index in [1.807, 2.05) is 11.8 Å². The van der Waals surface area contributed by atoms with Crippen molar-refractivity contribution in [1.82, 2.24) is 0 Å². The van der Waals surface area contributed by atoms with E-state index in [4.69, 9.17) is 16.6 Å². The molecule has 0 amide bonds. The first-order valence-electron chi connectivity index (χ1n) is 11.4. The summed E-state index contributed by atoms with van der Waals surface area (Å²) in [6, 6.07) is 11.7. The highest BCUT2D eigenvalue weighted by molar-refractivity contribution is 7.99. The number of benzene rings is 2. The van der Waals surface area contributed by atoms with Crippen LogP contribution in [-0.4, -0.2) is 28.5 Å². The van der Waals surface area contributed by atoms with Gasteiger partial charge in [0, 0.05) is 15.8 Å². The molecule has 1 aliphatic rings. The van der Waals surface area contributed by atoms with Crippen LogP contribution in [0.4, 0.5) is 13.2 Å². The van der Waals surface area contributed by atoms with Gasteiger partial charge in [-0.1, -0.05) is 43.5 Å². The van der Waals surface area contributed by atoms with Gasteiger partial charge in [0.1, 0.15) is 0 Å². The monoisotopic (exact) mass is 495 g/mol. The number of ketones is 1. The van der Waals surface area contributed by atoms with Gasteiger partial charge in [-0.3, -0.25) is 9.79 Å². The zero-order valence-electron chi connectivity index (χ0n) is 18.9. The molecule has 0 spiro atoms. The van der Waals surface area contributed by atoms with Crippen molar-refractivity contribution < 1.29 is 18.0 Å². The Morgan fingerprint density at radius 2 is 1.67 bits per heavy atom. The lowest BCUT2D eigenvalue weighted by atomic mass is 9.89. The molecule has 3 unspecified atom stereocenters. The molecule has 178 valence electrons. The Hall–Kier alpha value is -1.79. The molecular formula is C26H29ClF3NOS. The maximum absolute atomic E-state index is 13.3. The van der Waals surface area contributed by atoms with E-state index >= 15 is 0 Å². The standard InChI is InChI=1S/C26H29ClF3NOS/c1-3-16-33-23-7-5-4-6-22(23)31-24(18-8-12-20(13-9-18)26(28,29)30)17(2)25(32)19-10-14-21(27)15-11-19/h8-15,17,22-23H,3-7,16H2,1-2H3. The predicted molar refractivity (Wildman–Crippen MR) is 132 cm³/mol. The molecule has 0 heterocycles. The highest BCUT2D eigenvalue weighted by atomic mass is 35.5. The van der Waals surface area contributed by atoms with Crippen LogP contribution in [0.15, 0.2) is 53.5 Å². The summed E-state index contributed by atoms with van der Waals surface area (Å²) in [4.78, 5) is 18.3. The highest BCUT2D eigenvalue weighted by Gasteiger charge is 2.32. The Balaban J connectivity index is 1.98. The summed E-state index contributed by atoms with van der Waals surface area (Å²) >= 11 is 7.87. The number of rotatable bonds is 8. The summed E-state index contributed by atoms with van der Waals surface area (Å²) in [7, 11) is 0. The lowest BCUT2D eigenvalue weighted by Gasteiger charge is -2.30. The molecule has 1 fully saturated rings. The van der Waals surface area contributed by atoms with Crippen LogP contribution in [0.5, 0.6) is 0 Å². The van der Waals surface area contributed by atoms with Gasteiger partial charge in [0.05, 0.1) is 23.2 Å². The van der Waals surface area contributed by atoms with Crippen LogP contribution in [0.1, 0.15) is 67.4 Å². The fourth-order valence-electron chi connectivity index (χ4n) is 4.12. The largest absolute Gasteiger partial charge is 0.416 e. The average molecular weight is 496 g/mol. The van der Waals surface area contributed by atoms with Crippen molar-refractivity contribution in [3.63, 3.8) is 0 Å².